The van der Waals surface area contributed by atoms with E-state index in [0.29, 0.717) is 35.6 Å². The number of para-hydroxylation sites is 1. The predicted octanol–water partition coefficient (Wildman–Crippen LogP) is 4.85. The second kappa shape index (κ2) is 7.11. The lowest BCUT2D eigenvalue weighted by Gasteiger charge is -2.09. The van der Waals surface area contributed by atoms with Crippen LogP contribution < -0.4 is 4.74 Å². The fourth-order valence-corrected chi connectivity index (χ4v) is 3.01. The minimum absolute atomic E-state index is 0.319. The summed E-state index contributed by atoms with van der Waals surface area (Å²) in [6.07, 6.45) is 0. The molecule has 0 unspecified atom stereocenters. The van der Waals surface area contributed by atoms with E-state index in [1.54, 1.807) is 6.07 Å². The van der Waals surface area contributed by atoms with Crippen molar-refractivity contribution in [3.05, 3.63) is 53.4 Å². The van der Waals surface area contributed by atoms with Gasteiger partial charge >= 0.3 is 0 Å². The average molecular weight is 371 g/mol. The van der Waals surface area contributed by atoms with Crippen LogP contribution in [-0.2, 0) is 11.3 Å². The molecule has 1 aliphatic heterocycles. The van der Waals surface area contributed by atoms with Crippen LogP contribution in [0.1, 0.15) is 5.89 Å². The molecule has 0 N–H and O–H groups in total. The second-order valence-corrected chi connectivity index (χ2v) is 6.82. The molecule has 0 spiro atoms. The van der Waals surface area contributed by atoms with Crippen molar-refractivity contribution >= 4 is 11.6 Å². The molecule has 0 amide bonds. The summed E-state index contributed by atoms with van der Waals surface area (Å²) in [4.78, 5) is 6.74. The number of hydrogen-bond donors (Lipinski definition) is 0. The van der Waals surface area contributed by atoms with Crippen molar-refractivity contribution in [2.75, 3.05) is 27.2 Å². The van der Waals surface area contributed by atoms with Crippen LogP contribution in [0.3, 0.4) is 0 Å². The highest BCUT2D eigenvalue weighted by molar-refractivity contribution is 6.31. The lowest BCUT2D eigenvalue weighted by molar-refractivity contribution is 0.0899. The van der Waals surface area contributed by atoms with Crippen molar-refractivity contribution in [2.24, 2.45) is 0 Å². The first-order chi connectivity index (χ1) is 12.6. The van der Waals surface area contributed by atoms with Crippen molar-refractivity contribution in [3.63, 3.8) is 0 Å². The molecule has 0 saturated carbocycles. The van der Waals surface area contributed by atoms with Crippen LogP contribution in [0.15, 0.2) is 46.9 Å². The van der Waals surface area contributed by atoms with E-state index < -0.39 is 0 Å². The number of aromatic nitrogens is 1. The fraction of sp³-hybridized carbons (Fsp3) is 0.250. The van der Waals surface area contributed by atoms with Crippen LogP contribution >= 0.6 is 11.6 Å². The Morgan fingerprint density at radius 3 is 2.73 bits per heavy atom. The average Bonchev–Trinajstić information content (AvgIpc) is 2.99. The summed E-state index contributed by atoms with van der Waals surface area (Å²) >= 11 is 6.20. The third kappa shape index (κ3) is 3.33. The second-order valence-electron chi connectivity index (χ2n) is 6.38. The van der Waals surface area contributed by atoms with Crippen molar-refractivity contribution < 1.29 is 13.9 Å². The Bertz CT molecular complexity index is 937. The lowest BCUT2D eigenvalue weighted by Crippen LogP contribution is -2.17. The quantitative estimate of drug-likeness (QED) is 0.470. The highest BCUT2D eigenvalue weighted by Gasteiger charge is 2.26. The zero-order valence-electron chi connectivity index (χ0n) is 14.7. The Morgan fingerprint density at radius 2 is 1.88 bits per heavy atom. The third-order valence-electron chi connectivity index (χ3n) is 4.13. The van der Waals surface area contributed by atoms with Gasteiger partial charge in [0.15, 0.2) is 5.76 Å². The Kier molecular flexibility index (Phi) is 4.68. The largest absolute Gasteiger partial charge is 0.456 e. The number of nitrogens with zero attached hydrogens (tertiary/aromatic N) is 2. The van der Waals surface area contributed by atoms with Crippen molar-refractivity contribution in [1.29, 1.82) is 0 Å². The lowest BCUT2D eigenvalue weighted by atomic mass is 10.1. The monoisotopic (exact) mass is 370 g/mol. The molecule has 5 nitrogen and oxygen atoms in total. The number of benzene rings is 2. The van der Waals surface area contributed by atoms with Gasteiger partial charge in [0.2, 0.25) is 5.89 Å². The molecule has 0 atom stereocenters. The summed E-state index contributed by atoms with van der Waals surface area (Å²) in [7, 11) is 4.02. The molecule has 2 aromatic carbocycles. The molecule has 1 aliphatic rings. The first-order valence-electron chi connectivity index (χ1n) is 8.41. The number of rotatable bonds is 5. The molecule has 4 rings (SSSR count). The first-order valence-corrected chi connectivity index (χ1v) is 8.79. The molecule has 0 radical (unpaired) electrons. The number of fused-ring (bicyclic) bond motifs is 5. The molecule has 0 aliphatic carbocycles. The molecule has 3 aromatic rings. The topological polar surface area (TPSA) is 47.7 Å². The Morgan fingerprint density at radius 1 is 1.08 bits per heavy atom. The maximum Gasteiger partial charge on any atom is 0.221 e. The van der Waals surface area contributed by atoms with Gasteiger partial charge in [0, 0.05) is 17.1 Å². The third-order valence-corrected chi connectivity index (χ3v) is 4.36. The molecule has 0 saturated heterocycles. The summed E-state index contributed by atoms with van der Waals surface area (Å²) < 4.78 is 17.8. The Balaban J connectivity index is 1.73. The van der Waals surface area contributed by atoms with Gasteiger partial charge in [-0.15, -0.1) is 0 Å². The van der Waals surface area contributed by atoms with Gasteiger partial charge in [-0.1, -0.05) is 23.7 Å². The molecule has 134 valence electrons. The van der Waals surface area contributed by atoms with E-state index in [1.807, 2.05) is 50.5 Å². The molecule has 2 heterocycles. The number of likely N-dealkylation sites (N-methyl/N-ethyl adjacent to an activating group) is 1. The maximum absolute atomic E-state index is 6.20. The van der Waals surface area contributed by atoms with Crippen molar-refractivity contribution in [3.8, 4) is 34.1 Å². The van der Waals surface area contributed by atoms with E-state index in [4.69, 9.17) is 25.5 Å². The van der Waals surface area contributed by atoms with Crippen LogP contribution in [0, 0.1) is 0 Å². The van der Waals surface area contributed by atoms with Gasteiger partial charge < -0.3 is 18.8 Å². The number of hydrogen-bond acceptors (Lipinski definition) is 5. The van der Waals surface area contributed by atoms with Gasteiger partial charge in [-0.25, -0.2) is 4.98 Å². The van der Waals surface area contributed by atoms with E-state index in [9.17, 15) is 0 Å². The van der Waals surface area contributed by atoms with Crippen molar-refractivity contribution in [1.82, 2.24) is 9.88 Å². The van der Waals surface area contributed by atoms with Gasteiger partial charge in [0.25, 0.3) is 0 Å². The minimum Gasteiger partial charge on any atom is -0.456 e. The Hall–Kier alpha value is -2.34. The molecule has 1 aromatic heterocycles. The first kappa shape index (κ1) is 17.1. The van der Waals surface area contributed by atoms with Crippen LogP contribution in [-0.4, -0.2) is 37.1 Å². The van der Waals surface area contributed by atoms with Gasteiger partial charge in [-0.3, -0.25) is 0 Å². The molecular weight excluding hydrogens is 352 g/mol. The van der Waals surface area contributed by atoms with Crippen LogP contribution in [0.25, 0.3) is 22.6 Å². The Labute approximate surface area is 157 Å². The summed E-state index contributed by atoms with van der Waals surface area (Å²) in [5.74, 6) is 2.62. The molecule has 0 fully saturated rings. The minimum atomic E-state index is 0.319. The van der Waals surface area contributed by atoms with E-state index in [0.717, 1.165) is 29.1 Å². The maximum atomic E-state index is 6.20. The fourth-order valence-electron chi connectivity index (χ4n) is 2.84. The standard InChI is InChI=1S/C20H19ClN2O3/c1-23(2)9-10-24-12-18-22-19-14-5-3-4-6-16(14)25-17-8-7-13(21)11-15(17)20(19)26-18/h3-8,11H,9-10,12H2,1-2H3. The molecular formula is C20H19ClN2O3. The number of halogens is 1. The SMILES string of the molecule is CN(C)CCOCc1nc2c(o1)-c1cc(Cl)ccc1Oc1ccccc1-2. The van der Waals surface area contributed by atoms with Crippen LogP contribution in [0.4, 0.5) is 0 Å². The molecule has 6 heteroatoms. The van der Waals surface area contributed by atoms with Gasteiger partial charge in [0.05, 0.1) is 12.2 Å². The highest BCUT2D eigenvalue weighted by atomic mass is 35.5. The van der Waals surface area contributed by atoms with Crippen LogP contribution in [0.5, 0.6) is 11.5 Å². The zero-order valence-corrected chi connectivity index (χ0v) is 15.4. The molecule has 26 heavy (non-hydrogen) atoms. The van der Waals surface area contributed by atoms with E-state index >= 15 is 0 Å². The van der Waals surface area contributed by atoms with Gasteiger partial charge in [-0.2, -0.15) is 0 Å². The summed E-state index contributed by atoms with van der Waals surface area (Å²) in [6.45, 7) is 1.78. The number of oxazole rings is 1. The van der Waals surface area contributed by atoms with E-state index in [1.165, 1.54) is 0 Å². The zero-order chi connectivity index (χ0) is 18.1. The summed E-state index contributed by atoms with van der Waals surface area (Å²) in [5.41, 5.74) is 2.42. The number of ether oxygens (including phenoxy) is 2. The van der Waals surface area contributed by atoms with E-state index in [-0.39, 0.29) is 0 Å². The highest BCUT2D eigenvalue weighted by Crippen LogP contribution is 2.47. The predicted molar refractivity (Wildman–Crippen MR) is 101 cm³/mol. The van der Waals surface area contributed by atoms with Crippen LogP contribution in [0.2, 0.25) is 5.02 Å². The van der Waals surface area contributed by atoms with Gasteiger partial charge in [-0.05, 0) is 44.4 Å². The molecule has 0 bridgehead atoms. The normalized spacial score (nSPS) is 12.2. The van der Waals surface area contributed by atoms with Gasteiger partial charge in [0.1, 0.15) is 23.8 Å². The smallest absolute Gasteiger partial charge is 0.221 e. The summed E-state index contributed by atoms with van der Waals surface area (Å²) in [6, 6.07) is 13.3. The van der Waals surface area contributed by atoms with Crippen molar-refractivity contribution in [2.45, 2.75) is 6.61 Å². The summed E-state index contributed by atoms with van der Waals surface area (Å²) in [5, 5.41) is 0.615. The van der Waals surface area contributed by atoms with E-state index in [2.05, 4.69) is 9.88 Å².